The van der Waals surface area contributed by atoms with Crippen LogP contribution in [0.4, 0.5) is 0 Å². The number of hydrogen-bond acceptors (Lipinski definition) is 3. The SMILES string of the molecule is c1cc2c3c(cccc3c1)C1NCCNCCNC21. The lowest BCUT2D eigenvalue weighted by molar-refractivity contribution is 0.419. The van der Waals surface area contributed by atoms with Crippen LogP contribution in [0.15, 0.2) is 36.4 Å². The second-order valence-corrected chi connectivity index (χ2v) is 5.41. The summed E-state index contributed by atoms with van der Waals surface area (Å²) in [5, 5.41) is 13.7. The molecule has 2 aromatic rings. The normalized spacial score (nSPS) is 26.5. The van der Waals surface area contributed by atoms with E-state index in [9.17, 15) is 0 Å². The topological polar surface area (TPSA) is 36.1 Å². The molecule has 2 aromatic carbocycles. The number of hydrogen-bond donors (Lipinski definition) is 3. The summed E-state index contributed by atoms with van der Waals surface area (Å²) in [4.78, 5) is 0. The minimum absolute atomic E-state index is 0.404. The maximum atomic E-state index is 3.71. The van der Waals surface area contributed by atoms with Gasteiger partial charge in [0.2, 0.25) is 0 Å². The van der Waals surface area contributed by atoms with Gasteiger partial charge in [0.05, 0.1) is 12.1 Å². The van der Waals surface area contributed by atoms with Crippen molar-refractivity contribution in [3.63, 3.8) is 0 Å². The Kier molecular flexibility index (Phi) is 2.76. The molecule has 0 aromatic heterocycles. The number of fused-ring (bicyclic) bond motifs is 3. The Morgan fingerprint density at radius 2 is 1.32 bits per heavy atom. The first-order chi connectivity index (χ1) is 9.45. The zero-order valence-corrected chi connectivity index (χ0v) is 10.9. The van der Waals surface area contributed by atoms with Crippen LogP contribution in [0.5, 0.6) is 0 Å². The number of nitrogens with one attached hydrogen (secondary N) is 3. The lowest BCUT2D eigenvalue weighted by Gasteiger charge is -2.23. The fourth-order valence-electron chi connectivity index (χ4n) is 3.49. The molecule has 1 heterocycles. The molecule has 1 aliphatic heterocycles. The van der Waals surface area contributed by atoms with Crippen LogP contribution in [0.2, 0.25) is 0 Å². The molecule has 2 unspecified atom stereocenters. The van der Waals surface area contributed by atoms with E-state index in [4.69, 9.17) is 0 Å². The van der Waals surface area contributed by atoms with Gasteiger partial charge in [-0.3, -0.25) is 0 Å². The highest BCUT2D eigenvalue weighted by atomic mass is 15.1. The molecule has 2 aliphatic rings. The zero-order valence-electron chi connectivity index (χ0n) is 10.9. The summed E-state index contributed by atoms with van der Waals surface area (Å²) in [6.45, 7) is 4.12. The third-order valence-electron chi connectivity index (χ3n) is 4.30. The van der Waals surface area contributed by atoms with Crippen LogP contribution in [0.25, 0.3) is 10.8 Å². The van der Waals surface area contributed by atoms with Gasteiger partial charge in [0.25, 0.3) is 0 Å². The molecule has 1 fully saturated rings. The first kappa shape index (κ1) is 11.4. The molecule has 3 N–H and O–H groups in total. The van der Waals surface area contributed by atoms with Crippen LogP contribution in [0.1, 0.15) is 23.2 Å². The monoisotopic (exact) mass is 253 g/mol. The predicted molar refractivity (Wildman–Crippen MR) is 78.3 cm³/mol. The molecule has 1 saturated heterocycles. The molecule has 0 spiro atoms. The summed E-state index contributed by atoms with van der Waals surface area (Å²) in [6.07, 6.45) is 0. The van der Waals surface area contributed by atoms with Crippen LogP contribution >= 0.6 is 0 Å². The number of rotatable bonds is 0. The zero-order chi connectivity index (χ0) is 12.7. The maximum absolute atomic E-state index is 3.71. The largest absolute Gasteiger partial charge is 0.314 e. The second kappa shape index (κ2) is 4.60. The summed E-state index contributed by atoms with van der Waals surface area (Å²) in [6, 6.07) is 14.1. The molecular weight excluding hydrogens is 234 g/mol. The van der Waals surface area contributed by atoms with E-state index in [0.29, 0.717) is 12.1 Å². The van der Waals surface area contributed by atoms with E-state index in [-0.39, 0.29) is 0 Å². The molecule has 3 heteroatoms. The molecular formula is C16H19N3. The van der Waals surface area contributed by atoms with Gasteiger partial charge in [-0.2, -0.15) is 0 Å². The maximum Gasteiger partial charge on any atom is 0.0525 e. The van der Waals surface area contributed by atoms with Gasteiger partial charge in [0.1, 0.15) is 0 Å². The molecule has 2 atom stereocenters. The first-order valence-electron chi connectivity index (χ1n) is 7.14. The lowest BCUT2D eigenvalue weighted by atomic mass is 10.0. The van der Waals surface area contributed by atoms with E-state index >= 15 is 0 Å². The van der Waals surface area contributed by atoms with Crippen LogP contribution < -0.4 is 16.0 Å². The van der Waals surface area contributed by atoms with Crippen molar-refractivity contribution < 1.29 is 0 Å². The molecule has 0 amide bonds. The molecule has 98 valence electrons. The quantitative estimate of drug-likeness (QED) is 0.669. The Labute approximate surface area is 113 Å². The minimum atomic E-state index is 0.404. The van der Waals surface area contributed by atoms with Gasteiger partial charge in [0.15, 0.2) is 0 Å². The van der Waals surface area contributed by atoms with Gasteiger partial charge in [-0.25, -0.2) is 0 Å². The van der Waals surface area contributed by atoms with Crippen molar-refractivity contribution in [3.05, 3.63) is 47.5 Å². The van der Waals surface area contributed by atoms with Crippen LogP contribution in [0.3, 0.4) is 0 Å². The van der Waals surface area contributed by atoms with E-state index in [1.54, 1.807) is 0 Å². The standard InChI is InChI=1S/C16H19N3/c1-3-11-4-2-6-13-14(11)12(5-1)15-16(13)19-10-8-17-7-9-18-15/h1-6,15-19H,7-10H2. The summed E-state index contributed by atoms with van der Waals surface area (Å²) in [7, 11) is 0. The smallest absolute Gasteiger partial charge is 0.0525 e. The van der Waals surface area contributed by atoms with Gasteiger partial charge in [-0.05, 0) is 21.9 Å². The van der Waals surface area contributed by atoms with E-state index in [1.165, 1.54) is 21.9 Å². The van der Waals surface area contributed by atoms with E-state index in [2.05, 4.69) is 52.3 Å². The third kappa shape index (κ3) is 1.77. The van der Waals surface area contributed by atoms with Crippen LogP contribution in [-0.4, -0.2) is 26.2 Å². The van der Waals surface area contributed by atoms with Gasteiger partial charge in [0, 0.05) is 26.2 Å². The fourth-order valence-corrected chi connectivity index (χ4v) is 3.49. The van der Waals surface area contributed by atoms with E-state index in [0.717, 1.165) is 26.2 Å². The molecule has 0 radical (unpaired) electrons. The Morgan fingerprint density at radius 1 is 0.737 bits per heavy atom. The fraction of sp³-hybridized carbons (Fsp3) is 0.375. The summed E-state index contributed by atoms with van der Waals surface area (Å²) >= 11 is 0. The molecule has 1 aliphatic carbocycles. The Hall–Kier alpha value is -1.42. The van der Waals surface area contributed by atoms with Gasteiger partial charge in [-0.1, -0.05) is 36.4 Å². The average molecular weight is 253 g/mol. The highest BCUT2D eigenvalue weighted by Crippen LogP contribution is 2.43. The Bertz CT molecular complexity index is 559. The predicted octanol–water partition coefficient (Wildman–Crippen LogP) is 1.72. The van der Waals surface area contributed by atoms with Crippen molar-refractivity contribution in [2.75, 3.05) is 26.2 Å². The van der Waals surface area contributed by atoms with Crippen molar-refractivity contribution in [2.24, 2.45) is 0 Å². The Balaban J connectivity index is 1.86. The van der Waals surface area contributed by atoms with Crippen LogP contribution in [0, 0.1) is 0 Å². The van der Waals surface area contributed by atoms with Crippen molar-refractivity contribution >= 4 is 10.8 Å². The van der Waals surface area contributed by atoms with Gasteiger partial charge >= 0.3 is 0 Å². The summed E-state index contributed by atoms with van der Waals surface area (Å²) in [5.74, 6) is 0. The molecule has 4 rings (SSSR count). The van der Waals surface area contributed by atoms with Crippen LogP contribution in [-0.2, 0) is 0 Å². The molecule has 19 heavy (non-hydrogen) atoms. The first-order valence-corrected chi connectivity index (χ1v) is 7.14. The van der Waals surface area contributed by atoms with Gasteiger partial charge < -0.3 is 16.0 Å². The van der Waals surface area contributed by atoms with Crippen molar-refractivity contribution in [3.8, 4) is 0 Å². The van der Waals surface area contributed by atoms with Gasteiger partial charge in [-0.15, -0.1) is 0 Å². The summed E-state index contributed by atoms with van der Waals surface area (Å²) < 4.78 is 0. The van der Waals surface area contributed by atoms with E-state index < -0.39 is 0 Å². The van der Waals surface area contributed by atoms with Crippen molar-refractivity contribution in [2.45, 2.75) is 12.1 Å². The highest BCUT2D eigenvalue weighted by molar-refractivity contribution is 5.92. The third-order valence-corrected chi connectivity index (χ3v) is 4.30. The lowest BCUT2D eigenvalue weighted by Crippen LogP contribution is -2.33. The Morgan fingerprint density at radius 3 is 1.89 bits per heavy atom. The summed E-state index contributed by atoms with van der Waals surface area (Å²) in [5.41, 5.74) is 2.90. The highest BCUT2D eigenvalue weighted by Gasteiger charge is 2.33. The van der Waals surface area contributed by atoms with E-state index in [1.807, 2.05) is 0 Å². The minimum Gasteiger partial charge on any atom is -0.314 e. The van der Waals surface area contributed by atoms with Crippen molar-refractivity contribution in [1.29, 1.82) is 0 Å². The molecule has 0 saturated carbocycles. The van der Waals surface area contributed by atoms with Crippen molar-refractivity contribution in [1.82, 2.24) is 16.0 Å². The molecule has 3 nitrogen and oxygen atoms in total. The molecule has 0 bridgehead atoms. The average Bonchev–Trinajstić information content (AvgIpc) is 2.80. The second-order valence-electron chi connectivity index (χ2n) is 5.41. The number of benzene rings is 2.